The minimum Gasteiger partial charge on any atom is -0.468 e. The zero-order chi connectivity index (χ0) is 15.2. The van der Waals surface area contributed by atoms with Crippen LogP contribution in [-0.2, 0) is 9.53 Å². The van der Waals surface area contributed by atoms with Gasteiger partial charge in [-0.1, -0.05) is 18.7 Å². The third-order valence-electron chi connectivity index (χ3n) is 3.26. The van der Waals surface area contributed by atoms with Crippen molar-refractivity contribution in [1.82, 2.24) is 10.3 Å². The summed E-state index contributed by atoms with van der Waals surface area (Å²) in [5.74, 6) is 1.50. The smallest absolute Gasteiger partial charge is 0.325 e. The molecule has 1 heterocycles. The van der Waals surface area contributed by atoms with Crippen molar-refractivity contribution in [3.63, 3.8) is 0 Å². The van der Waals surface area contributed by atoms with Crippen LogP contribution in [0.3, 0.4) is 0 Å². The summed E-state index contributed by atoms with van der Waals surface area (Å²) in [5, 5.41) is 3.90. The molecular formula is C14H24N2O3S. The van der Waals surface area contributed by atoms with Gasteiger partial charge in [-0.15, -0.1) is 0 Å². The monoisotopic (exact) mass is 300 g/mol. The topological polar surface area (TPSA) is 64.4 Å². The van der Waals surface area contributed by atoms with E-state index in [1.54, 1.807) is 11.8 Å². The lowest BCUT2D eigenvalue weighted by Gasteiger charge is -2.27. The Bertz CT molecular complexity index is 428. The summed E-state index contributed by atoms with van der Waals surface area (Å²) >= 11 is 1.58. The molecular weight excluding hydrogens is 276 g/mol. The second kappa shape index (κ2) is 7.69. The molecule has 1 atom stereocenters. The van der Waals surface area contributed by atoms with Crippen molar-refractivity contribution in [2.75, 3.05) is 19.4 Å². The Morgan fingerprint density at radius 3 is 2.70 bits per heavy atom. The fourth-order valence-electron chi connectivity index (χ4n) is 1.97. The summed E-state index contributed by atoms with van der Waals surface area (Å²) in [6.07, 6.45) is 1.60. The van der Waals surface area contributed by atoms with E-state index < -0.39 is 5.54 Å². The van der Waals surface area contributed by atoms with Crippen molar-refractivity contribution in [3.8, 4) is 0 Å². The number of methoxy groups -OCH3 is 1. The fourth-order valence-corrected chi connectivity index (χ4v) is 2.82. The van der Waals surface area contributed by atoms with E-state index in [9.17, 15) is 4.79 Å². The summed E-state index contributed by atoms with van der Waals surface area (Å²) in [6, 6.07) is 0. The van der Waals surface area contributed by atoms with E-state index >= 15 is 0 Å². The first-order valence-electron chi connectivity index (χ1n) is 6.83. The molecule has 1 aromatic heterocycles. The van der Waals surface area contributed by atoms with Gasteiger partial charge in [-0.25, -0.2) is 4.98 Å². The summed E-state index contributed by atoms with van der Waals surface area (Å²) in [4.78, 5) is 16.1. The number of esters is 1. The number of aryl methyl sites for hydroxylation is 2. The van der Waals surface area contributed by atoms with Crippen LogP contribution < -0.4 is 5.32 Å². The van der Waals surface area contributed by atoms with Gasteiger partial charge in [0, 0.05) is 5.75 Å². The molecule has 5 nitrogen and oxygen atoms in total. The summed E-state index contributed by atoms with van der Waals surface area (Å²) < 4.78 is 10.4. The molecule has 1 N–H and O–H groups in total. The van der Waals surface area contributed by atoms with Crippen molar-refractivity contribution in [2.45, 2.75) is 51.3 Å². The zero-order valence-corrected chi connectivity index (χ0v) is 13.7. The number of carbonyl (C=O) groups excluding carboxylic acids is 1. The standard InChI is InChI=1S/C14H24N2O3S/c1-6-15-14(4,12(17)18-5)8-7-9-20-13-16-10(2)11(3)19-13/h15H,6-9H2,1-5H3. The Morgan fingerprint density at radius 1 is 1.50 bits per heavy atom. The normalized spacial score (nSPS) is 14.1. The number of carbonyl (C=O) groups is 1. The summed E-state index contributed by atoms with van der Waals surface area (Å²) in [6.45, 7) is 8.44. The SMILES string of the molecule is CCNC(C)(CCCSc1nc(C)c(C)o1)C(=O)OC. The highest BCUT2D eigenvalue weighted by atomic mass is 32.2. The van der Waals surface area contributed by atoms with Crippen molar-refractivity contribution in [1.29, 1.82) is 0 Å². The fraction of sp³-hybridized carbons (Fsp3) is 0.714. The molecule has 0 fully saturated rings. The molecule has 0 saturated heterocycles. The zero-order valence-electron chi connectivity index (χ0n) is 12.9. The van der Waals surface area contributed by atoms with Crippen LogP contribution in [-0.4, -0.2) is 35.9 Å². The molecule has 20 heavy (non-hydrogen) atoms. The van der Waals surface area contributed by atoms with Crippen LogP contribution in [0.2, 0.25) is 0 Å². The number of nitrogens with zero attached hydrogens (tertiary/aromatic N) is 1. The maximum Gasteiger partial charge on any atom is 0.325 e. The minimum absolute atomic E-state index is 0.216. The average Bonchev–Trinajstić information content (AvgIpc) is 2.73. The highest BCUT2D eigenvalue weighted by molar-refractivity contribution is 7.99. The predicted molar refractivity (Wildman–Crippen MR) is 80.0 cm³/mol. The molecule has 0 spiro atoms. The molecule has 1 unspecified atom stereocenters. The predicted octanol–water partition coefficient (Wildman–Crippen LogP) is 2.70. The quantitative estimate of drug-likeness (QED) is 0.452. The average molecular weight is 300 g/mol. The maximum absolute atomic E-state index is 11.8. The molecule has 0 aromatic carbocycles. The molecule has 0 aliphatic rings. The van der Waals surface area contributed by atoms with Gasteiger partial charge in [0.25, 0.3) is 5.22 Å². The van der Waals surface area contributed by atoms with E-state index in [2.05, 4.69) is 10.3 Å². The Hall–Kier alpha value is -1.01. The van der Waals surface area contributed by atoms with Gasteiger partial charge in [0.1, 0.15) is 11.3 Å². The third kappa shape index (κ3) is 4.52. The van der Waals surface area contributed by atoms with Crippen LogP contribution in [0.5, 0.6) is 0 Å². The second-order valence-corrected chi connectivity index (χ2v) is 5.97. The number of aromatic nitrogens is 1. The first-order chi connectivity index (χ1) is 9.42. The Kier molecular flexibility index (Phi) is 6.55. The van der Waals surface area contributed by atoms with Gasteiger partial charge in [0.2, 0.25) is 0 Å². The van der Waals surface area contributed by atoms with Gasteiger partial charge >= 0.3 is 5.97 Å². The molecule has 6 heteroatoms. The molecule has 0 saturated carbocycles. The number of rotatable bonds is 8. The van der Waals surface area contributed by atoms with E-state index in [4.69, 9.17) is 9.15 Å². The number of likely N-dealkylation sites (N-methyl/N-ethyl adjacent to an activating group) is 1. The number of ether oxygens (including phenoxy) is 1. The van der Waals surface area contributed by atoms with Crippen LogP contribution in [0.4, 0.5) is 0 Å². The number of nitrogens with one attached hydrogen (secondary N) is 1. The number of oxazole rings is 1. The van der Waals surface area contributed by atoms with Gasteiger partial charge < -0.3 is 14.5 Å². The Morgan fingerprint density at radius 2 is 2.20 bits per heavy atom. The van der Waals surface area contributed by atoms with Gasteiger partial charge in [0.15, 0.2) is 0 Å². The van der Waals surface area contributed by atoms with Crippen molar-refractivity contribution in [2.24, 2.45) is 0 Å². The molecule has 0 radical (unpaired) electrons. The van der Waals surface area contributed by atoms with Crippen LogP contribution in [0.1, 0.15) is 38.1 Å². The van der Waals surface area contributed by atoms with Crippen molar-refractivity contribution >= 4 is 17.7 Å². The van der Waals surface area contributed by atoms with Gasteiger partial charge in [-0.05, 0) is 40.2 Å². The number of thioether (sulfide) groups is 1. The molecule has 1 rings (SSSR count). The van der Waals surface area contributed by atoms with Crippen molar-refractivity contribution < 1.29 is 13.9 Å². The minimum atomic E-state index is -0.619. The Balaban J connectivity index is 2.43. The van der Waals surface area contributed by atoms with Gasteiger partial charge in [0.05, 0.1) is 12.8 Å². The molecule has 0 aliphatic heterocycles. The Labute approximate surface area is 124 Å². The van der Waals surface area contributed by atoms with E-state index in [-0.39, 0.29) is 5.97 Å². The maximum atomic E-state index is 11.8. The number of hydrogen-bond acceptors (Lipinski definition) is 6. The van der Waals surface area contributed by atoms with E-state index in [1.165, 1.54) is 7.11 Å². The van der Waals surface area contributed by atoms with Gasteiger partial charge in [-0.2, -0.15) is 0 Å². The highest BCUT2D eigenvalue weighted by Gasteiger charge is 2.32. The third-order valence-corrected chi connectivity index (χ3v) is 4.17. The van der Waals surface area contributed by atoms with Crippen LogP contribution >= 0.6 is 11.8 Å². The van der Waals surface area contributed by atoms with Crippen LogP contribution in [0.25, 0.3) is 0 Å². The molecule has 1 aromatic rings. The summed E-state index contributed by atoms with van der Waals surface area (Å²) in [5.41, 5.74) is 0.312. The van der Waals surface area contributed by atoms with Crippen LogP contribution in [0.15, 0.2) is 9.64 Å². The van der Waals surface area contributed by atoms with Crippen molar-refractivity contribution in [3.05, 3.63) is 11.5 Å². The lowest BCUT2D eigenvalue weighted by Crippen LogP contribution is -2.50. The number of hydrogen-bond donors (Lipinski definition) is 1. The first kappa shape index (κ1) is 17.0. The van der Waals surface area contributed by atoms with Gasteiger partial charge in [-0.3, -0.25) is 4.79 Å². The highest BCUT2D eigenvalue weighted by Crippen LogP contribution is 2.23. The van der Waals surface area contributed by atoms with E-state index in [0.29, 0.717) is 5.22 Å². The second-order valence-electron chi connectivity index (χ2n) is 4.93. The molecule has 0 amide bonds. The molecule has 0 aliphatic carbocycles. The summed E-state index contributed by atoms with van der Waals surface area (Å²) in [7, 11) is 1.42. The molecule has 114 valence electrons. The largest absolute Gasteiger partial charge is 0.468 e. The van der Waals surface area contributed by atoms with Crippen LogP contribution in [0, 0.1) is 13.8 Å². The first-order valence-corrected chi connectivity index (χ1v) is 7.81. The molecule has 0 bridgehead atoms. The lowest BCUT2D eigenvalue weighted by molar-refractivity contribution is -0.148. The van der Waals surface area contributed by atoms with E-state index in [1.807, 2.05) is 27.7 Å². The van der Waals surface area contributed by atoms with E-state index in [0.717, 1.165) is 36.6 Å². The lowest BCUT2D eigenvalue weighted by atomic mass is 9.96.